The van der Waals surface area contributed by atoms with Crippen molar-refractivity contribution in [2.75, 3.05) is 11.9 Å². The van der Waals surface area contributed by atoms with Crippen LogP contribution in [-0.4, -0.2) is 24.4 Å². The highest BCUT2D eigenvalue weighted by Crippen LogP contribution is 2.30. The fourth-order valence-electron chi connectivity index (χ4n) is 2.58. The predicted octanol–water partition coefficient (Wildman–Crippen LogP) is 4.11. The summed E-state index contributed by atoms with van der Waals surface area (Å²) in [5, 5.41) is 5.15. The summed E-state index contributed by atoms with van der Waals surface area (Å²) >= 11 is 6.10. The number of hydrogen-bond donors (Lipinski definition) is 2. The monoisotopic (exact) mass is 442 g/mol. The number of ether oxygens (including phenoxy) is 1. The Kier molecular flexibility index (Phi) is 7.82. The molecule has 30 heavy (non-hydrogen) atoms. The molecule has 0 bridgehead atoms. The van der Waals surface area contributed by atoms with Crippen LogP contribution < -0.4 is 10.6 Å². The molecule has 0 fully saturated rings. The van der Waals surface area contributed by atoms with Crippen molar-refractivity contribution in [1.29, 1.82) is 0 Å². The molecule has 2 aromatic carbocycles. The summed E-state index contributed by atoms with van der Waals surface area (Å²) in [6, 6.07) is 9.89. The van der Waals surface area contributed by atoms with E-state index in [0.29, 0.717) is 10.6 Å². The maximum Gasteiger partial charge on any atom is 0.416 e. The zero-order valence-electron chi connectivity index (χ0n) is 15.8. The van der Waals surface area contributed by atoms with Crippen molar-refractivity contribution in [1.82, 2.24) is 5.32 Å². The van der Waals surface area contributed by atoms with Gasteiger partial charge in [0.05, 0.1) is 18.0 Å². The number of benzene rings is 2. The number of alkyl halides is 3. The summed E-state index contributed by atoms with van der Waals surface area (Å²) in [5.41, 5.74) is -0.506. The Bertz CT molecular complexity index is 934. The van der Waals surface area contributed by atoms with E-state index >= 15 is 0 Å². The fraction of sp³-hybridized carbons (Fsp3) is 0.250. The number of anilines is 1. The van der Waals surface area contributed by atoms with E-state index in [4.69, 9.17) is 16.3 Å². The number of carbonyl (C=O) groups is 3. The normalized spacial score (nSPS) is 12.0. The van der Waals surface area contributed by atoms with Crippen LogP contribution in [0.1, 0.15) is 30.5 Å². The lowest BCUT2D eigenvalue weighted by Gasteiger charge is -2.18. The first-order valence-electron chi connectivity index (χ1n) is 8.70. The van der Waals surface area contributed by atoms with E-state index in [1.165, 1.54) is 13.0 Å². The molecule has 0 saturated carbocycles. The summed E-state index contributed by atoms with van der Waals surface area (Å²) in [7, 11) is 0. The molecular weight excluding hydrogens is 425 g/mol. The second-order valence-electron chi connectivity index (χ2n) is 6.27. The smallest absolute Gasteiger partial charge is 0.416 e. The highest BCUT2D eigenvalue weighted by molar-refractivity contribution is 6.31. The number of halogens is 4. The van der Waals surface area contributed by atoms with Crippen molar-refractivity contribution in [3.8, 4) is 0 Å². The van der Waals surface area contributed by atoms with Gasteiger partial charge in [-0.3, -0.25) is 14.4 Å². The first-order chi connectivity index (χ1) is 14.1. The predicted molar refractivity (Wildman–Crippen MR) is 104 cm³/mol. The number of nitrogens with one attached hydrogen (secondary N) is 2. The second-order valence-corrected chi connectivity index (χ2v) is 6.67. The lowest BCUT2D eigenvalue weighted by molar-refractivity contribution is -0.148. The van der Waals surface area contributed by atoms with E-state index in [0.717, 1.165) is 18.2 Å². The molecule has 10 heteroatoms. The molecule has 0 saturated heterocycles. The number of amides is 2. The van der Waals surface area contributed by atoms with Crippen LogP contribution in [0.5, 0.6) is 0 Å². The molecule has 0 spiro atoms. The molecule has 0 aliphatic carbocycles. The minimum absolute atomic E-state index is 0.0851. The quantitative estimate of drug-likeness (QED) is 0.632. The summed E-state index contributed by atoms with van der Waals surface area (Å²) < 4.78 is 43.0. The summed E-state index contributed by atoms with van der Waals surface area (Å²) in [4.78, 5) is 35.5. The first-order valence-corrected chi connectivity index (χ1v) is 9.08. The van der Waals surface area contributed by atoms with E-state index in [1.54, 1.807) is 24.3 Å². The molecule has 0 radical (unpaired) electrons. The molecule has 2 amide bonds. The van der Waals surface area contributed by atoms with E-state index in [2.05, 4.69) is 10.6 Å². The van der Waals surface area contributed by atoms with Crippen molar-refractivity contribution < 1.29 is 32.3 Å². The first kappa shape index (κ1) is 23.2. The molecular formula is C20H18ClF3N2O4. The Balaban J connectivity index is 1.94. The van der Waals surface area contributed by atoms with Crippen LogP contribution in [0.4, 0.5) is 18.9 Å². The summed E-state index contributed by atoms with van der Waals surface area (Å²) in [6.07, 6.45) is -4.84. The molecule has 1 unspecified atom stereocenters. The average molecular weight is 443 g/mol. The molecule has 6 nitrogen and oxygen atoms in total. The fourth-order valence-corrected chi connectivity index (χ4v) is 2.85. The molecule has 0 aliphatic heterocycles. The van der Waals surface area contributed by atoms with Gasteiger partial charge >= 0.3 is 12.1 Å². The summed E-state index contributed by atoms with van der Waals surface area (Å²) in [6.45, 7) is 0.572. The minimum atomic E-state index is -4.55. The van der Waals surface area contributed by atoms with Gasteiger partial charge in [0.15, 0.2) is 6.61 Å². The van der Waals surface area contributed by atoms with Crippen LogP contribution in [0.15, 0.2) is 48.5 Å². The van der Waals surface area contributed by atoms with Crippen LogP contribution >= 0.6 is 11.6 Å². The molecule has 0 aromatic heterocycles. The lowest BCUT2D eigenvalue weighted by atomic mass is 10.0. The van der Waals surface area contributed by atoms with Crippen LogP contribution in [0, 0.1) is 0 Å². The number of hydrogen-bond acceptors (Lipinski definition) is 4. The van der Waals surface area contributed by atoms with Gasteiger partial charge < -0.3 is 15.4 Å². The van der Waals surface area contributed by atoms with E-state index < -0.39 is 42.2 Å². The van der Waals surface area contributed by atoms with Crippen LogP contribution in [-0.2, 0) is 25.3 Å². The van der Waals surface area contributed by atoms with Gasteiger partial charge in [-0.05, 0) is 29.8 Å². The third-order valence-corrected chi connectivity index (χ3v) is 4.21. The zero-order valence-corrected chi connectivity index (χ0v) is 16.5. The second kappa shape index (κ2) is 10.1. The van der Waals surface area contributed by atoms with Crippen molar-refractivity contribution in [2.45, 2.75) is 25.6 Å². The van der Waals surface area contributed by atoms with E-state index in [-0.39, 0.29) is 12.1 Å². The average Bonchev–Trinajstić information content (AvgIpc) is 2.65. The van der Waals surface area contributed by atoms with Crippen molar-refractivity contribution in [3.63, 3.8) is 0 Å². The Labute approximate surface area is 175 Å². The van der Waals surface area contributed by atoms with Gasteiger partial charge in [-0.25, -0.2) is 0 Å². The highest BCUT2D eigenvalue weighted by Gasteiger charge is 2.30. The summed E-state index contributed by atoms with van der Waals surface area (Å²) in [5.74, 6) is -2.00. The standard InChI is InChI=1S/C20H18ClF3N2O4/c1-12(27)25-17(15-7-2-3-8-16(15)21)10-19(29)30-11-18(28)26-14-6-4-5-13(9-14)20(22,23)24/h2-9,17H,10-11H2,1H3,(H,25,27)(H,26,28). The van der Waals surface area contributed by atoms with Gasteiger partial charge in [0, 0.05) is 17.6 Å². The lowest BCUT2D eigenvalue weighted by Crippen LogP contribution is -2.29. The molecule has 2 rings (SSSR count). The van der Waals surface area contributed by atoms with Crippen LogP contribution in [0.3, 0.4) is 0 Å². The minimum Gasteiger partial charge on any atom is -0.455 e. The van der Waals surface area contributed by atoms with Gasteiger partial charge in [0.25, 0.3) is 5.91 Å². The number of rotatable bonds is 7. The zero-order chi connectivity index (χ0) is 22.3. The third kappa shape index (κ3) is 7.07. The largest absolute Gasteiger partial charge is 0.455 e. The Morgan fingerprint density at radius 3 is 2.43 bits per heavy atom. The highest BCUT2D eigenvalue weighted by atomic mass is 35.5. The molecule has 1 atom stereocenters. The molecule has 160 valence electrons. The van der Waals surface area contributed by atoms with E-state index in [1.807, 2.05) is 0 Å². The van der Waals surface area contributed by atoms with Crippen LogP contribution in [0.25, 0.3) is 0 Å². The topological polar surface area (TPSA) is 84.5 Å². The maximum absolute atomic E-state index is 12.7. The Morgan fingerprint density at radius 2 is 1.80 bits per heavy atom. The van der Waals surface area contributed by atoms with E-state index in [9.17, 15) is 27.6 Å². The van der Waals surface area contributed by atoms with Crippen molar-refractivity contribution >= 4 is 35.1 Å². The van der Waals surface area contributed by atoms with Crippen molar-refractivity contribution in [2.24, 2.45) is 0 Å². The maximum atomic E-state index is 12.7. The van der Waals surface area contributed by atoms with Gasteiger partial charge in [-0.2, -0.15) is 13.2 Å². The number of esters is 1. The van der Waals surface area contributed by atoms with Crippen molar-refractivity contribution in [3.05, 3.63) is 64.7 Å². The molecule has 2 aromatic rings. The molecule has 2 N–H and O–H groups in total. The van der Waals surface area contributed by atoms with Gasteiger partial charge in [-0.1, -0.05) is 35.9 Å². The Morgan fingerprint density at radius 1 is 1.10 bits per heavy atom. The Hall–Kier alpha value is -3.07. The third-order valence-electron chi connectivity index (χ3n) is 3.87. The van der Waals surface area contributed by atoms with Gasteiger partial charge in [0.2, 0.25) is 5.91 Å². The van der Waals surface area contributed by atoms with Gasteiger partial charge in [0.1, 0.15) is 0 Å². The molecule has 0 aliphatic rings. The van der Waals surface area contributed by atoms with Crippen LogP contribution in [0.2, 0.25) is 5.02 Å². The number of carbonyl (C=O) groups excluding carboxylic acids is 3. The SMILES string of the molecule is CC(=O)NC(CC(=O)OCC(=O)Nc1cccc(C(F)(F)F)c1)c1ccccc1Cl. The van der Waals surface area contributed by atoms with Gasteiger partial charge in [-0.15, -0.1) is 0 Å². The molecule has 0 heterocycles.